The molecule has 0 unspecified atom stereocenters. The number of anilines is 1. The molecule has 7 heteroatoms. The maximum Gasteiger partial charge on any atom is 0.251 e. The first-order chi connectivity index (χ1) is 8.66. The van der Waals surface area contributed by atoms with Crippen LogP contribution in [0.5, 0.6) is 0 Å². The number of rotatable bonds is 2. The van der Waals surface area contributed by atoms with Gasteiger partial charge in [-0.3, -0.25) is 9.89 Å². The summed E-state index contributed by atoms with van der Waals surface area (Å²) in [5.74, 6) is -0.117. The smallest absolute Gasteiger partial charge is 0.251 e. The number of nitrogens with two attached hydrogens (primary N) is 2. The average Bonchev–Trinajstić information content (AvgIpc) is 2.97. The summed E-state index contributed by atoms with van der Waals surface area (Å²) in [6, 6.07) is 1.89. The van der Waals surface area contributed by atoms with E-state index in [0.29, 0.717) is 11.4 Å². The van der Waals surface area contributed by atoms with Gasteiger partial charge in [-0.25, -0.2) is 4.98 Å². The van der Waals surface area contributed by atoms with Crippen molar-refractivity contribution in [3.8, 4) is 10.4 Å². The van der Waals surface area contributed by atoms with Gasteiger partial charge in [-0.05, 0) is 6.07 Å². The van der Waals surface area contributed by atoms with Crippen LogP contribution in [0.4, 0.5) is 5.82 Å². The van der Waals surface area contributed by atoms with Gasteiger partial charge in [-0.2, -0.15) is 5.10 Å². The summed E-state index contributed by atoms with van der Waals surface area (Å²) < 4.78 is 0.756. The van der Waals surface area contributed by atoms with Crippen LogP contribution in [0.25, 0.3) is 20.5 Å². The van der Waals surface area contributed by atoms with Gasteiger partial charge in [0.2, 0.25) is 0 Å². The van der Waals surface area contributed by atoms with E-state index in [1.165, 1.54) is 17.5 Å². The number of amides is 1. The van der Waals surface area contributed by atoms with Crippen molar-refractivity contribution < 1.29 is 4.79 Å². The lowest BCUT2D eigenvalue weighted by Gasteiger charge is -1.99. The number of pyridine rings is 1. The van der Waals surface area contributed by atoms with Crippen molar-refractivity contribution in [3.05, 3.63) is 30.2 Å². The van der Waals surface area contributed by atoms with Crippen molar-refractivity contribution in [2.24, 2.45) is 5.73 Å². The molecule has 6 nitrogen and oxygen atoms in total. The summed E-state index contributed by atoms with van der Waals surface area (Å²) in [6.07, 6.45) is 4.90. The van der Waals surface area contributed by atoms with Crippen LogP contribution in [-0.4, -0.2) is 21.1 Å². The molecule has 18 heavy (non-hydrogen) atoms. The van der Waals surface area contributed by atoms with E-state index in [-0.39, 0.29) is 0 Å². The Hall–Kier alpha value is -2.41. The Bertz CT molecular complexity index is 731. The molecule has 3 aromatic heterocycles. The molecule has 90 valence electrons. The van der Waals surface area contributed by atoms with Crippen molar-refractivity contribution in [3.63, 3.8) is 0 Å². The Morgan fingerprint density at radius 1 is 1.39 bits per heavy atom. The number of primary amides is 1. The Morgan fingerprint density at radius 2 is 2.22 bits per heavy atom. The molecule has 0 bridgehead atoms. The van der Waals surface area contributed by atoms with Crippen LogP contribution in [0.15, 0.2) is 24.7 Å². The largest absolute Gasteiger partial charge is 0.383 e. The number of fused-ring (bicyclic) bond motifs is 1. The molecule has 3 heterocycles. The quantitative estimate of drug-likeness (QED) is 0.645. The lowest BCUT2D eigenvalue weighted by Crippen LogP contribution is -2.11. The van der Waals surface area contributed by atoms with Gasteiger partial charge in [0.1, 0.15) is 5.82 Å². The third kappa shape index (κ3) is 1.52. The van der Waals surface area contributed by atoms with Crippen LogP contribution in [-0.2, 0) is 0 Å². The summed E-state index contributed by atoms with van der Waals surface area (Å²) in [6.45, 7) is 0. The number of carbonyl (C=O) groups excluding carboxylic acids is 1. The number of hydrogen-bond donors (Lipinski definition) is 3. The zero-order valence-electron chi connectivity index (χ0n) is 9.18. The number of aromatic nitrogens is 3. The van der Waals surface area contributed by atoms with Crippen molar-refractivity contribution in [2.75, 3.05) is 5.73 Å². The van der Waals surface area contributed by atoms with Crippen LogP contribution < -0.4 is 11.5 Å². The Balaban J connectivity index is 2.31. The van der Waals surface area contributed by atoms with E-state index < -0.39 is 5.91 Å². The van der Waals surface area contributed by atoms with Crippen LogP contribution in [0, 0.1) is 0 Å². The van der Waals surface area contributed by atoms with Crippen molar-refractivity contribution in [1.82, 2.24) is 15.2 Å². The first-order valence-electron chi connectivity index (χ1n) is 5.14. The molecule has 0 saturated carbocycles. The van der Waals surface area contributed by atoms with E-state index in [2.05, 4.69) is 15.2 Å². The fourth-order valence-corrected chi connectivity index (χ4v) is 2.91. The highest BCUT2D eigenvalue weighted by Crippen LogP contribution is 2.36. The van der Waals surface area contributed by atoms with Crippen LogP contribution in [0.1, 0.15) is 10.4 Å². The summed E-state index contributed by atoms with van der Waals surface area (Å²) in [4.78, 5) is 16.3. The minimum absolute atomic E-state index is 0.388. The maximum absolute atomic E-state index is 11.4. The van der Waals surface area contributed by atoms with Gasteiger partial charge < -0.3 is 11.5 Å². The number of H-pyrrole nitrogens is 1. The Labute approximate surface area is 106 Å². The first-order valence-corrected chi connectivity index (χ1v) is 5.95. The number of hydrogen-bond acceptors (Lipinski definition) is 5. The molecule has 0 radical (unpaired) electrons. The molecular weight excluding hydrogens is 250 g/mol. The van der Waals surface area contributed by atoms with Crippen molar-refractivity contribution >= 4 is 33.1 Å². The summed E-state index contributed by atoms with van der Waals surface area (Å²) >= 11 is 1.44. The number of thiophene rings is 1. The van der Waals surface area contributed by atoms with E-state index in [4.69, 9.17) is 11.5 Å². The Morgan fingerprint density at radius 3 is 2.89 bits per heavy atom. The molecule has 0 atom stereocenters. The van der Waals surface area contributed by atoms with Gasteiger partial charge >= 0.3 is 0 Å². The predicted octanol–water partition coefficient (Wildman–Crippen LogP) is 1.37. The Kier molecular flexibility index (Phi) is 2.27. The topological polar surface area (TPSA) is 111 Å². The SMILES string of the molecule is NC(=O)c1cnc(N)c2cc(-c3cn[nH]c3)sc12. The van der Waals surface area contributed by atoms with E-state index in [1.54, 1.807) is 12.4 Å². The molecule has 0 fully saturated rings. The average molecular weight is 259 g/mol. The second kappa shape index (κ2) is 3.81. The van der Waals surface area contributed by atoms with Gasteiger partial charge in [0, 0.05) is 28.2 Å². The van der Waals surface area contributed by atoms with Crippen LogP contribution in [0.2, 0.25) is 0 Å². The number of nitrogens with zero attached hydrogens (tertiary/aromatic N) is 2. The first kappa shape index (κ1) is 10.7. The van der Waals surface area contributed by atoms with Crippen LogP contribution >= 0.6 is 11.3 Å². The molecule has 0 spiro atoms. The second-order valence-corrected chi connectivity index (χ2v) is 4.81. The van der Waals surface area contributed by atoms with Crippen molar-refractivity contribution in [2.45, 2.75) is 0 Å². The molecule has 0 saturated heterocycles. The molecule has 0 aliphatic heterocycles. The second-order valence-electron chi connectivity index (χ2n) is 3.76. The van der Waals surface area contributed by atoms with Gasteiger partial charge in [-0.15, -0.1) is 11.3 Å². The van der Waals surface area contributed by atoms with Gasteiger partial charge in [0.05, 0.1) is 16.5 Å². The van der Waals surface area contributed by atoms with Gasteiger partial charge in [0.15, 0.2) is 0 Å². The van der Waals surface area contributed by atoms with Crippen LogP contribution in [0.3, 0.4) is 0 Å². The number of carbonyl (C=O) groups is 1. The third-order valence-corrected chi connectivity index (χ3v) is 3.85. The van der Waals surface area contributed by atoms with E-state index in [0.717, 1.165) is 20.5 Å². The highest BCUT2D eigenvalue weighted by molar-refractivity contribution is 7.22. The predicted molar refractivity (Wildman–Crippen MR) is 70.1 cm³/mol. The molecular formula is C11H9N5OS. The van der Waals surface area contributed by atoms with E-state index in [1.807, 2.05) is 6.07 Å². The summed E-state index contributed by atoms with van der Waals surface area (Å²) in [5, 5.41) is 7.38. The normalized spacial score (nSPS) is 10.9. The van der Waals surface area contributed by atoms with E-state index in [9.17, 15) is 4.79 Å². The van der Waals surface area contributed by atoms with Gasteiger partial charge in [-0.1, -0.05) is 0 Å². The summed E-state index contributed by atoms with van der Waals surface area (Å²) in [7, 11) is 0. The molecule has 3 aromatic rings. The minimum Gasteiger partial charge on any atom is -0.383 e. The number of nitrogen functional groups attached to an aromatic ring is 1. The monoisotopic (exact) mass is 259 g/mol. The van der Waals surface area contributed by atoms with Crippen molar-refractivity contribution in [1.29, 1.82) is 0 Å². The maximum atomic E-state index is 11.4. The van der Waals surface area contributed by atoms with Gasteiger partial charge in [0.25, 0.3) is 5.91 Å². The molecule has 5 N–H and O–H groups in total. The number of aromatic amines is 1. The minimum atomic E-state index is -0.506. The molecule has 0 aliphatic carbocycles. The zero-order valence-corrected chi connectivity index (χ0v) is 9.99. The molecule has 0 aromatic carbocycles. The van der Waals surface area contributed by atoms with E-state index >= 15 is 0 Å². The highest BCUT2D eigenvalue weighted by Gasteiger charge is 2.14. The highest BCUT2D eigenvalue weighted by atomic mass is 32.1. The lowest BCUT2D eigenvalue weighted by molar-refractivity contribution is 0.100. The fraction of sp³-hybridized carbons (Fsp3) is 0. The standard InChI is InChI=1S/C11H9N5OS/c12-10-6-1-8(5-2-15-16-3-5)18-9(6)7(4-14-10)11(13)17/h1-4H,(H2,12,14)(H2,13,17)(H,15,16). The lowest BCUT2D eigenvalue weighted by atomic mass is 10.2. The summed E-state index contributed by atoms with van der Waals surface area (Å²) in [5.41, 5.74) is 12.5. The molecule has 0 aliphatic rings. The number of nitrogens with one attached hydrogen (secondary N) is 1. The zero-order chi connectivity index (χ0) is 12.7. The third-order valence-electron chi connectivity index (χ3n) is 2.63. The molecule has 1 amide bonds. The molecule has 3 rings (SSSR count). The fourth-order valence-electron chi connectivity index (χ4n) is 1.75.